The summed E-state index contributed by atoms with van der Waals surface area (Å²) in [5, 5.41) is 10.9. The predicted octanol–water partition coefficient (Wildman–Crippen LogP) is 3.91. The standard InChI is InChI=1S/C16H15ClO3/c1-19-10-6-7-12-14(18)9-16(20-15(12)8-10)11-4-2-3-5-13(11)17/h2-8,14,16,18H,9H2,1H3. The molecule has 0 aromatic heterocycles. The number of hydrogen-bond acceptors (Lipinski definition) is 3. The van der Waals surface area contributed by atoms with Crippen LogP contribution in [0.4, 0.5) is 0 Å². The number of aliphatic hydroxyl groups is 1. The van der Waals surface area contributed by atoms with Crippen LogP contribution in [-0.4, -0.2) is 12.2 Å². The van der Waals surface area contributed by atoms with Gasteiger partial charge in [0.05, 0.1) is 13.2 Å². The Morgan fingerprint density at radius 3 is 2.75 bits per heavy atom. The second kappa shape index (κ2) is 5.35. The fourth-order valence-corrected chi connectivity index (χ4v) is 2.73. The number of benzene rings is 2. The number of methoxy groups -OCH3 is 1. The minimum Gasteiger partial charge on any atom is -0.497 e. The van der Waals surface area contributed by atoms with E-state index in [1.807, 2.05) is 36.4 Å². The van der Waals surface area contributed by atoms with Gasteiger partial charge in [-0.1, -0.05) is 29.8 Å². The number of hydrogen-bond donors (Lipinski definition) is 1. The van der Waals surface area contributed by atoms with Gasteiger partial charge in [0.2, 0.25) is 0 Å². The first-order valence-electron chi connectivity index (χ1n) is 6.46. The van der Waals surface area contributed by atoms with Crippen LogP contribution in [0.5, 0.6) is 11.5 Å². The number of fused-ring (bicyclic) bond motifs is 1. The topological polar surface area (TPSA) is 38.7 Å². The second-order valence-electron chi connectivity index (χ2n) is 4.78. The first kappa shape index (κ1) is 13.3. The average molecular weight is 291 g/mol. The van der Waals surface area contributed by atoms with Gasteiger partial charge in [0.15, 0.2) is 0 Å². The molecule has 2 aromatic carbocycles. The maximum absolute atomic E-state index is 10.3. The average Bonchev–Trinajstić information content (AvgIpc) is 2.47. The highest BCUT2D eigenvalue weighted by Gasteiger charge is 2.29. The van der Waals surface area contributed by atoms with E-state index in [2.05, 4.69) is 0 Å². The first-order chi connectivity index (χ1) is 9.69. The van der Waals surface area contributed by atoms with Crippen LogP contribution in [0.1, 0.15) is 29.8 Å². The summed E-state index contributed by atoms with van der Waals surface area (Å²) in [5.41, 5.74) is 1.68. The molecule has 0 aliphatic carbocycles. The largest absolute Gasteiger partial charge is 0.497 e. The van der Waals surface area contributed by atoms with Crippen molar-refractivity contribution in [2.75, 3.05) is 7.11 Å². The quantitative estimate of drug-likeness (QED) is 0.911. The van der Waals surface area contributed by atoms with Crippen molar-refractivity contribution in [3.63, 3.8) is 0 Å². The molecule has 3 nitrogen and oxygen atoms in total. The normalized spacial score (nSPS) is 20.9. The summed E-state index contributed by atoms with van der Waals surface area (Å²) in [6.45, 7) is 0. The first-order valence-corrected chi connectivity index (χ1v) is 6.84. The van der Waals surface area contributed by atoms with Crippen LogP contribution < -0.4 is 9.47 Å². The maximum Gasteiger partial charge on any atom is 0.129 e. The molecule has 3 rings (SSSR count). The summed E-state index contributed by atoms with van der Waals surface area (Å²) in [6, 6.07) is 13.0. The van der Waals surface area contributed by atoms with Crippen LogP contribution >= 0.6 is 11.6 Å². The van der Waals surface area contributed by atoms with E-state index in [4.69, 9.17) is 21.1 Å². The zero-order chi connectivity index (χ0) is 14.1. The molecule has 2 unspecified atom stereocenters. The van der Waals surface area contributed by atoms with Gasteiger partial charge in [-0.15, -0.1) is 0 Å². The van der Waals surface area contributed by atoms with Crippen molar-refractivity contribution in [3.8, 4) is 11.5 Å². The van der Waals surface area contributed by atoms with Crippen LogP contribution in [0.25, 0.3) is 0 Å². The molecule has 2 atom stereocenters. The smallest absolute Gasteiger partial charge is 0.129 e. The molecule has 4 heteroatoms. The molecule has 1 N–H and O–H groups in total. The van der Waals surface area contributed by atoms with Crippen molar-refractivity contribution in [1.29, 1.82) is 0 Å². The van der Waals surface area contributed by atoms with E-state index in [9.17, 15) is 5.11 Å². The van der Waals surface area contributed by atoms with Crippen molar-refractivity contribution >= 4 is 11.6 Å². The fourth-order valence-electron chi connectivity index (χ4n) is 2.48. The Kier molecular flexibility index (Phi) is 3.55. The monoisotopic (exact) mass is 290 g/mol. The third-order valence-corrected chi connectivity index (χ3v) is 3.88. The molecule has 1 aliphatic rings. The van der Waals surface area contributed by atoms with Gasteiger partial charge in [0.25, 0.3) is 0 Å². The van der Waals surface area contributed by atoms with Gasteiger partial charge in [-0.2, -0.15) is 0 Å². The highest BCUT2D eigenvalue weighted by Crippen LogP contribution is 2.43. The van der Waals surface area contributed by atoms with Gasteiger partial charge in [-0.05, 0) is 18.2 Å². The molecule has 20 heavy (non-hydrogen) atoms. The van der Waals surface area contributed by atoms with E-state index in [-0.39, 0.29) is 6.10 Å². The number of halogens is 1. The third-order valence-electron chi connectivity index (χ3n) is 3.54. The van der Waals surface area contributed by atoms with Crippen LogP contribution in [0, 0.1) is 0 Å². The van der Waals surface area contributed by atoms with Gasteiger partial charge in [0, 0.05) is 28.6 Å². The van der Waals surface area contributed by atoms with E-state index in [0.29, 0.717) is 22.9 Å². The minimum absolute atomic E-state index is 0.252. The SMILES string of the molecule is COc1ccc2c(c1)OC(c1ccccc1Cl)CC2O. The van der Waals surface area contributed by atoms with Crippen molar-refractivity contribution in [2.24, 2.45) is 0 Å². The molecular weight excluding hydrogens is 276 g/mol. The van der Waals surface area contributed by atoms with Gasteiger partial charge < -0.3 is 14.6 Å². The Bertz CT molecular complexity index is 627. The molecule has 0 spiro atoms. The lowest BCUT2D eigenvalue weighted by atomic mass is 9.95. The lowest BCUT2D eigenvalue weighted by Crippen LogP contribution is -2.19. The number of aliphatic hydroxyl groups excluding tert-OH is 1. The highest BCUT2D eigenvalue weighted by molar-refractivity contribution is 6.31. The van der Waals surface area contributed by atoms with Crippen LogP contribution in [0.2, 0.25) is 5.02 Å². The molecule has 0 radical (unpaired) electrons. The second-order valence-corrected chi connectivity index (χ2v) is 5.19. The molecular formula is C16H15ClO3. The Labute approximate surface area is 122 Å². The molecule has 1 aliphatic heterocycles. The van der Waals surface area contributed by atoms with Gasteiger partial charge in [-0.25, -0.2) is 0 Å². The Balaban J connectivity index is 1.97. The van der Waals surface area contributed by atoms with Crippen molar-refractivity contribution in [2.45, 2.75) is 18.6 Å². The summed E-state index contributed by atoms with van der Waals surface area (Å²) >= 11 is 6.20. The molecule has 0 saturated heterocycles. The van der Waals surface area contributed by atoms with Crippen molar-refractivity contribution in [1.82, 2.24) is 0 Å². The molecule has 2 aromatic rings. The van der Waals surface area contributed by atoms with Crippen molar-refractivity contribution < 1.29 is 14.6 Å². The summed E-state index contributed by atoms with van der Waals surface area (Å²) in [6.07, 6.45) is -0.326. The predicted molar refractivity (Wildman–Crippen MR) is 77.4 cm³/mol. The fraction of sp³-hybridized carbons (Fsp3) is 0.250. The Morgan fingerprint density at radius 1 is 1.20 bits per heavy atom. The molecule has 1 heterocycles. The van der Waals surface area contributed by atoms with Gasteiger partial charge in [-0.3, -0.25) is 0 Å². The molecule has 104 valence electrons. The minimum atomic E-state index is -0.564. The number of rotatable bonds is 2. The lowest BCUT2D eigenvalue weighted by molar-refractivity contribution is 0.0655. The number of ether oxygens (including phenoxy) is 2. The summed E-state index contributed by atoms with van der Waals surface area (Å²) < 4.78 is 11.2. The Hall–Kier alpha value is -1.71. The third kappa shape index (κ3) is 2.35. The lowest BCUT2D eigenvalue weighted by Gasteiger charge is -2.30. The highest BCUT2D eigenvalue weighted by atomic mass is 35.5. The van der Waals surface area contributed by atoms with E-state index >= 15 is 0 Å². The maximum atomic E-state index is 10.3. The van der Waals surface area contributed by atoms with E-state index in [1.54, 1.807) is 13.2 Å². The zero-order valence-electron chi connectivity index (χ0n) is 11.0. The van der Waals surface area contributed by atoms with E-state index in [0.717, 1.165) is 11.1 Å². The van der Waals surface area contributed by atoms with Crippen LogP contribution in [0.15, 0.2) is 42.5 Å². The van der Waals surface area contributed by atoms with Crippen molar-refractivity contribution in [3.05, 3.63) is 58.6 Å². The molecule has 0 amide bonds. The summed E-state index contributed by atoms with van der Waals surface area (Å²) in [7, 11) is 1.60. The van der Waals surface area contributed by atoms with E-state index in [1.165, 1.54) is 0 Å². The summed E-state index contributed by atoms with van der Waals surface area (Å²) in [5.74, 6) is 1.35. The van der Waals surface area contributed by atoms with E-state index < -0.39 is 6.10 Å². The van der Waals surface area contributed by atoms with Crippen LogP contribution in [0.3, 0.4) is 0 Å². The van der Waals surface area contributed by atoms with Gasteiger partial charge >= 0.3 is 0 Å². The molecule has 0 bridgehead atoms. The van der Waals surface area contributed by atoms with Gasteiger partial charge in [0.1, 0.15) is 17.6 Å². The Morgan fingerprint density at radius 2 is 2.00 bits per heavy atom. The summed E-state index contributed by atoms with van der Waals surface area (Å²) in [4.78, 5) is 0. The molecule has 0 fully saturated rings. The molecule has 0 saturated carbocycles. The van der Waals surface area contributed by atoms with Crippen LogP contribution in [-0.2, 0) is 0 Å². The zero-order valence-corrected chi connectivity index (χ0v) is 11.8.